The van der Waals surface area contributed by atoms with Crippen LogP contribution in [0.5, 0.6) is 0 Å². The molecule has 0 spiro atoms. The van der Waals surface area contributed by atoms with E-state index in [0.717, 1.165) is 20.8 Å². The average molecular weight is 459 g/mol. The summed E-state index contributed by atoms with van der Waals surface area (Å²) >= 11 is 6.02. The van der Waals surface area contributed by atoms with Gasteiger partial charge in [0.15, 0.2) is 0 Å². The molecule has 0 bridgehead atoms. The first-order valence-electron chi connectivity index (χ1n) is 9.32. The average Bonchev–Trinajstić information content (AvgIpc) is 2.76. The van der Waals surface area contributed by atoms with Crippen molar-refractivity contribution in [3.8, 4) is 0 Å². The van der Waals surface area contributed by atoms with Gasteiger partial charge in [0.05, 0.1) is 10.5 Å². The summed E-state index contributed by atoms with van der Waals surface area (Å²) < 4.78 is 30.3. The Hall–Kier alpha value is -3.17. The number of halogens is 1. The Morgan fingerprint density at radius 2 is 1.55 bits per heavy atom. The monoisotopic (exact) mass is 458 g/mol. The second-order valence-electron chi connectivity index (χ2n) is 7.29. The molecule has 0 aliphatic carbocycles. The van der Waals surface area contributed by atoms with Crippen LogP contribution >= 0.6 is 11.6 Å². The summed E-state index contributed by atoms with van der Waals surface area (Å²) in [6.07, 6.45) is 1.15. The van der Waals surface area contributed by atoms with Gasteiger partial charge in [-0.2, -0.15) is 0 Å². The van der Waals surface area contributed by atoms with E-state index in [9.17, 15) is 18.0 Å². The Kier molecular flexibility index (Phi) is 5.10. The van der Waals surface area contributed by atoms with Gasteiger partial charge in [0.1, 0.15) is 18.2 Å². The SMILES string of the molecule is Cc1ccc(S(=O)(=O)N2C=Nc3c(c(=O)n(C)c(=O)n3C)C2c2ccc(Cl)cc2)cc1. The standard InChI is InChI=1S/C21H19ClN4O4S/c1-13-4-10-16(11-5-13)31(29,30)26-12-23-19-17(20(27)25(3)21(28)24(19)2)18(26)14-6-8-15(22)9-7-14/h4-12,18H,1-3H3. The number of aryl methyl sites for hydroxylation is 1. The first-order valence-corrected chi connectivity index (χ1v) is 11.1. The number of sulfonamides is 1. The molecule has 0 N–H and O–H groups in total. The van der Waals surface area contributed by atoms with Crippen molar-refractivity contribution in [3.05, 3.63) is 91.1 Å². The number of aliphatic imine (C=N–C) groups is 1. The van der Waals surface area contributed by atoms with Gasteiger partial charge in [-0.1, -0.05) is 41.4 Å². The van der Waals surface area contributed by atoms with Gasteiger partial charge < -0.3 is 0 Å². The number of benzene rings is 2. The van der Waals surface area contributed by atoms with E-state index < -0.39 is 27.3 Å². The van der Waals surface area contributed by atoms with Crippen LogP contribution < -0.4 is 11.2 Å². The summed E-state index contributed by atoms with van der Waals surface area (Å²) in [6, 6.07) is 11.9. The fraction of sp³-hybridized carbons (Fsp3) is 0.190. The van der Waals surface area contributed by atoms with Crippen LogP contribution in [0.15, 0.2) is 68.0 Å². The third kappa shape index (κ3) is 3.39. The molecule has 2 heterocycles. The van der Waals surface area contributed by atoms with Crippen LogP contribution in [0.2, 0.25) is 5.02 Å². The van der Waals surface area contributed by atoms with Crippen LogP contribution in [0.3, 0.4) is 0 Å². The predicted octanol–water partition coefficient (Wildman–Crippen LogP) is 2.50. The molecule has 1 aliphatic heterocycles. The summed E-state index contributed by atoms with van der Waals surface area (Å²) in [5, 5.41) is 0.467. The molecule has 0 saturated carbocycles. The number of nitrogens with zero attached hydrogens (tertiary/aromatic N) is 4. The van der Waals surface area contributed by atoms with Crippen LogP contribution in [-0.4, -0.2) is 28.2 Å². The van der Waals surface area contributed by atoms with Crippen LogP contribution in [0.25, 0.3) is 0 Å². The van der Waals surface area contributed by atoms with Crippen molar-refractivity contribution in [2.45, 2.75) is 17.9 Å². The highest BCUT2D eigenvalue weighted by Gasteiger charge is 2.38. The Labute approximate surface area is 183 Å². The number of aromatic nitrogens is 2. The first-order chi connectivity index (χ1) is 14.6. The molecule has 0 fully saturated rings. The lowest BCUT2D eigenvalue weighted by atomic mass is 9.99. The largest absolute Gasteiger partial charge is 0.332 e. The zero-order valence-electron chi connectivity index (χ0n) is 17.0. The molecule has 2 aromatic carbocycles. The minimum Gasteiger partial charge on any atom is -0.281 e. The van der Waals surface area contributed by atoms with Crippen molar-refractivity contribution in [3.63, 3.8) is 0 Å². The summed E-state index contributed by atoms with van der Waals surface area (Å²) in [7, 11) is -1.23. The van der Waals surface area contributed by atoms with Crippen molar-refractivity contribution >= 4 is 33.8 Å². The molecule has 8 nitrogen and oxygen atoms in total. The van der Waals surface area contributed by atoms with Gasteiger partial charge >= 0.3 is 5.69 Å². The molecule has 1 atom stereocenters. The third-order valence-corrected chi connectivity index (χ3v) is 7.25. The fourth-order valence-corrected chi connectivity index (χ4v) is 5.08. The van der Waals surface area contributed by atoms with Gasteiger partial charge in [0, 0.05) is 19.1 Å². The molecule has 160 valence electrons. The second kappa shape index (κ2) is 7.51. The summed E-state index contributed by atoms with van der Waals surface area (Å²) in [5.41, 5.74) is 0.354. The van der Waals surface area contributed by atoms with Gasteiger partial charge in [-0.05, 0) is 36.8 Å². The van der Waals surface area contributed by atoms with Crippen molar-refractivity contribution in [2.75, 3.05) is 0 Å². The lowest BCUT2D eigenvalue weighted by Crippen LogP contribution is -2.45. The number of hydrogen-bond acceptors (Lipinski definition) is 5. The Morgan fingerprint density at radius 3 is 2.16 bits per heavy atom. The molecular weight excluding hydrogens is 440 g/mol. The van der Waals surface area contributed by atoms with Crippen molar-refractivity contribution < 1.29 is 8.42 Å². The Bertz CT molecular complexity index is 1420. The van der Waals surface area contributed by atoms with Crippen LogP contribution in [-0.2, 0) is 24.1 Å². The van der Waals surface area contributed by atoms with E-state index in [-0.39, 0.29) is 16.3 Å². The Morgan fingerprint density at radius 1 is 0.935 bits per heavy atom. The molecule has 0 radical (unpaired) electrons. The maximum atomic E-state index is 13.5. The quantitative estimate of drug-likeness (QED) is 0.602. The number of fused-ring (bicyclic) bond motifs is 1. The van der Waals surface area contributed by atoms with Crippen LogP contribution in [0.4, 0.5) is 5.82 Å². The summed E-state index contributed by atoms with van der Waals surface area (Å²) in [4.78, 5) is 29.8. The van der Waals surface area contributed by atoms with E-state index in [2.05, 4.69) is 4.99 Å². The molecule has 1 unspecified atom stereocenters. The third-order valence-electron chi connectivity index (χ3n) is 5.27. The molecule has 1 aromatic heterocycles. The number of rotatable bonds is 3. The predicted molar refractivity (Wildman–Crippen MR) is 119 cm³/mol. The lowest BCUT2D eigenvalue weighted by molar-refractivity contribution is 0.471. The normalized spacial score (nSPS) is 15.7. The molecule has 3 aromatic rings. The highest BCUT2D eigenvalue weighted by molar-refractivity contribution is 7.89. The van der Waals surface area contributed by atoms with Gasteiger partial charge in [-0.3, -0.25) is 13.9 Å². The van der Waals surface area contributed by atoms with E-state index in [1.54, 1.807) is 36.4 Å². The maximum absolute atomic E-state index is 13.5. The van der Waals surface area contributed by atoms with E-state index in [4.69, 9.17) is 11.6 Å². The van der Waals surface area contributed by atoms with Gasteiger partial charge in [-0.15, -0.1) is 0 Å². The molecule has 31 heavy (non-hydrogen) atoms. The molecule has 1 aliphatic rings. The van der Waals surface area contributed by atoms with Crippen LogP contribution in [0.1, 0.15) is 22.7 Å². The van der Waals surface area contributed by atoms with Crippen molar-refractivity contribution in [2.24, 2.45) is 19.1 Å². The minimum absolute atomic E-state index is 0.0635. The van der Waals surface area contributed by atoms with E-state index in [1.165, 1.54) is 30.8 Å². The first kappa shape index (κ1) is 21.1. The number of hydrogen-bond donors (Lipinski definition) is 0. The van der Waals surface area contributed by atoms with E-state index in [0.29, 0.717) is 10.6 Å². The molecular formula is C21H19ClN4O4S. The van der Waals surface area contributed by atoms with Crippen molar-refractivity contribution in [1.29, 1.82) is 0 Å². The van der Waals surface area contributed by atoms with E-state index >= 15 is 0 Å². The van der Waals surface area contributed by atoms with Gasteiger partial charge in [-0.25, -0.2) is 22.5 Å². The second-order valence-corrected chi connectivity index (χ2v) is 9.57. The minimum atomic E-state index is -4.07. The zero-order valence-corrected chi connectivity index (χ0v) is 18.6. The summed E-state index contributed by atoms with van der Waals surface area (Å²) in [5.74, 6) is 0.114. The van der Waals surface area contributed by atoms with Crippen molar-refractivity contribution in [1.82, 2.24) is 13.4 Å². The molecule has 0 saturated heterocycles. The highest BCUT2D eigenvalue weighted by Crippen LogP contribution is 2.38. The zero-order chi connectivity index (χ0) is 22.5. The summed E-state index contributed by atoms with van der Waals surface area (Å²) in [6.45, 7) is 1.86. The van der Waals surface area contributed by atoms with Crippen LogP contribution in [0, 0.1) is 6.92 Å². The van der Waals surface area contributed by atoms with E-state index in [1.807, 2.05) is 6.92 Å². The highest BCUT2D eigenvalue weighted by atomic mass is 35.5. The molecule has 4 rings (SSSR count). The fourth-order valence-electron chi connectivity index (χ4n) is 3.55. The topological polar surface area (TPSA) is 93.7 Å². The van der Waals surface area contributed by atoms with Gasteiger partial charge in [0.2, 0.25) is 0 Å². The lowest BCUT2D eigenvalue weighted by Gasteiger charge is -2.33. The molecule has 10 heteroatoms. The smallest absolute Gasteiger partial charge is 0.281 e. The van der Waals surface area contributed by atoms with Gasteiger partial charge in [0.25, 0.3) is 15.6 Å². The Balaban J connectivity index is 2.02. The molecule has 0 amide bonds. The maximum Gasteiger partial charge on any atom is 0.332 e.